The number of halogens is 2. The van der Waals surface area contributed by atoms with Gasteiger partial charge in [-0.2, -0.15) is 5.10 Å². The number of benzene rings is 1. The molecule has 1 saturated carbocycles. The van der Waals surface area contributed by atoms with Crippen LogP contribution >= 0.6 is 35.0 Å². The van der Waals surface area contributed by atoms with E-state index in [0.717, 1.165) is 41.9 Å². The second-order valence-corrected chi connectivity index (χ2v) is 8.77. The second kappa shape index (κ2) is 5.68. The van der Waals surface area contributed by atoms with Crippen molar-refractivity contribution < 1.29 is 4.79 Å². The van der Waals surface area contributed by atoms with Crippen LogP contribution in [0.3, 0.4) is 0 Å². The summed E-state index contributed by atoms with van der Waals surface area (Å²) < 4.78 is 1.37. The highest BCUT2D eigenvalue weighted by Gasteiger charge is 2.50. The number of aromatic nitrogens is 2. The van der Waals surface area contributed by atoms with E-state index in [2.05, 4.69) is 10.4 Å². The Kier molecular flexibility index (Phi) is 3.86. The van der Waals surface area contributed by atoms with Gasteiger partial charge < -0.3 is 5.32 Å². The molecule has 0 bridgehead atoms. The van der Waals surface area contributed by atoms with Gasteiger partial charge in [0, 0.05) is 22.7 Å². The minimum atomic E-state index is -0.376. The highest BCUT2D eigenvalue weighted by molar-refractivity contribution is 8.02. The van der Waals surface area contributed by atoms with Crippen molar-refractivity contribution in [2.45, 2.75) is 36.2 Å². The van der Waals surface area contributed by atoms with Crippen LogP contribution in [0.15, 0.2) is 18.2 Å². The average molecular weight is 382 g/mol. The maximum absolute atomic E-state index is 12.8. The first-order valence-corrected chi connectivity index (χ1v) is 9.52. The molecule has 1 N–H and O–H groups in total. The van der Waals surface area contributed by atoms with E-state index in [4.69, 9.17) is 23.2 Å². The van der Waals surface area contributed by atoms with Gasteiger partial charge >= 0.3 is 0 Å². The van der Waals surface area contributed by atoms with E-state index < -0.39 is 0 Å². The molecule has 1 amide bonds. The van der Waals surface area contributed by atoms with Crippen LogP contribution in [0.1, 0.15) is 41.3 Å². The number of rotatable bonds is 1. The van der Waals surface area contributed by atoms with Gasteiger partial charge in [0.2, 0.25) is 5.91 Å². The Labute approximate surface area is 154 Å². The third-order valence-corrected chi connectivity index (χ3v) is 7.26. The maximum Gasteiger partial charge on any atom is 0.241 e. The largest absolute Gasteiger partial charge is 0.309 e. The third-order valence-electron chi connectivity index (χ3n) is 4.93. The Balaban J connectivity index is 1.91. The number of nitrogens with one attached hydrogen (secondary N) is 1. The topological polar surface area (TPSA) is 46.9 Å². The zero-order valence-corrected chi connectivity index (χ0v) is 15.7. The lowest BCUT2D eigenvalue weighted by atomic mass is 9.83. The number of thioether (sulfide) groups is 1. The lowest BCUT2D eigenvalue weighted by Gasteiger charge is -2.40. The van der Waals surface area contributed by atoms with Gasteiger partial charge in [0.15, 0.2) is 0 Å². The molecule has 1 fully saturated rings. The van der Waals surface area contributed by atoms with E-state index >= 15 is 0 Å². The molecule has 4 nitrogen and oxygen atoms in total. The lowest BCUT2D eigenvalue weighted by molar-refractivity contribution is -0.120. The predicted octanol–water partition coefficient (Wildman–Crippen LogP) is 4.73. The summed E-state index contributed by atoms with van der Waals surface area (Å²) in [5.41, 5.74) is 2.92. The summed E-state index contributed by atoms with van der Waals surface area (Å²) in [7, 11) is 1.86. The monoisotopic (exact) mass is 381 g/mol. The van der Waals surface area contributed by atoms with E-state index in [-0.39, 0.29) is 15.9 Å². The molecule has 1 aliphatic carbocycles. The molecule has 24 heavy (non-hydrogen) atoms. The van der Waals surface area contributed by atoms with E-state index in [9.17, 15) is 4.79 Å². The Hall–Kier alpha value is -1.17. The van der Waals surface area contributed by atoms with Gasteiger partial charge in [0.1, 0.15) is 5.82 Å². The fraction of sp³-hybridized carbons (Fsp3) is 0.412. The second-order valence-electron chi connectivity index (χ2n) is 6.44. The van der Waals surface area contributed by atoms with Crippen molar-refractivity contribution in [3.63, 3.8) is 0 Å². The zero-order valence-electron chi connectivity index (χ0n) is 13.4. The van der Waals surface area contributed by atoms with Crippen LogP contribution in [0.4, 0.5) is 5.82 Å². The molecule has 126 valence electrons. The average Bonchev–Trinajstić information content (AvgIpc) is 2.66. The van der Waals surface area contributed by atoms with Gasteiger partial charge in [-0.1, -0.05) is 29.3 Å². The number of hydrogen-bond acceptors (Lipinski definition) is 3. The number of aryl methyl sites for hydroxylation is 2. The SMILES string of the molecule is Cc1nn(C)c2c1C(c1ccc(Cl)cc1Cl)SC1(CCC1)C(=O)N2. The van der Waals surface area contributed by atoms with Gasteiger partial charge in [-0.25, -0.2) is 0 Å². The molecule has 1 aromatic carbocycles. The van der Waals surface area contributed by atoms with Gasteiger partial charge in [-0.3, -0.25) is 9.48 Å². The van der Waals surface area contributed by atoms with Gasteiger partial charge in [-0.15, -0.1) is 11.8 Å². The number of nitrogens with zero attached hydrogens (tertiary/aromatic N) is 2. The molecule has 2 aliphatic rings. The van der Waals surface area contributed by atoms with Crippen LogP contribution in [0, 0.1) is 6.92 Å². The highest BCUT2D eigenvalue weighted by Crippen LogP contribution is 2.57. The maximum atomic E-state index is 12.8. The van der Waals surface area contributed by atoms with E-state index in [1.54, 1.807) is 22.5 Å². The molecule has 4 rings (SSSR count). The summed E-state index contributed by atoms with van der Waals surface area (Å²) >= 11 is 14.3. The van der Waals surface area contributed by atoms with Gasteiger partial charge in [0.25, 0.3) is 0 Å². The number of carbonyl (C=O) groups is 1. The van der Waals surface area contributed by atoms with Gasteiger partial charge in [-0.05, 0) is 43.9 Å². The molecule has 2 aromatic rings. The molecule has 1 aromatic heterocycles. The Morgan fingerprint density at radius 1 is 1.38 bits per heavy atom. The summed E-state index contributed by atoms with van der Waals surface area (Å²) in [5, 5.41) is 8.80. The van der Waals surface area contributed by atoms with E-state index in [1.165, 1.54) is 0 Å². The molecule has 0 saturated heterocycles. The standard InChI is InChI=1S/C17H17Cl2N3OS/c1-9-13-14(11-5-4-10(18)8-12(11)19)24-17(6-3-7-17)16(23)20-15(13)22(2)21-9/h4-5,8,14H,3,6-7H2,1-2H3,(H,20,23). The first-order chi connectivity index (χ1) is 11.4. The number of carbonyl (C=O) groups excluding carboxylic acids is 1. The summed E-state index contributed by atoms with van der Waals surface area (Å²) in [5.74, 6) is 0.848. The van der Waals surface area contributed by atoms with E-state index in [0.29, 0.717) is 10.0 Å². The summed E-state index contributed by atoms with van der Waals surface area (Å²) in [4.78, 5) is 12.8. The minimum absolute atomic E-state index is 0.0438. The summed E-state index contributed by atoms with van der Waals surface area (Å²) in [6, 6.07) is 5.57. The van der Waals surface area contributed by atoms with Crippen LogP contribution in [-0.2, 0) is 11.8 Å². The van der Waals surface area contributed by atoms with Crippen molar-refractivity contribution in [1.29, 1.82) is 0 Å². The molecule has 2 heterocycles. The Bertz CT molecular complexity index is 845. The molecule has 7 heteroatoms. The van der Waals surface area contributed by atoms with Crippen molar-refractivity contribution in [2.75, 3.05) is 5.32 Å². The fourth-order valence-corrected chi connectivity index (χ4v) is 5.92. The first-order valence-electron chi connectivity index (χ1n) is 7.89. The molecule has 1 unspecified atom stereocenters. The Morgan fingerprint density at radius 2 is 2.12 bits per heavy atom. The van der Waals surface area contributed by atoms with E-state index in [1.807, 2.05) is 26.1 Å². The number of anilines is 1. The highest BCUT2D eigenvalue weighted by atomic mass is 35.5. The lowest BCUT2D eigenvalue weighted by Crippen LogP contribution is -2.45. The molecular formula is C17H17Cl2N3OS. The van der Waals surface area contributed by atoms with Crippen molar-refractivity contribution in [3.05, 3.63) is 45.1 Å². The van der Waals surface area contributed by atoms with Crippen molar-refractivity contribution in [1.82, 2.24) is 9.78 Å². The van der Waals surface area contributed by atoms with Crippen LogP contribution in [-0.4, -0.2) is 20.4 Å². The first kappa shape index (κ1) is 16.3. The molecule has 0 radical (unpaired) electrons. The third kappa shape index (κ3) is 2.37. The van der Waals surface area contributed by atoms with Crippen LogP contribution in [0.2, 0.25) is 10.0 Å². The molecule has 1 atom stereocenters. The zero-order chi connectivity index (χ0) is 17.1. The predicted molar refractivity (Wildman–Crippen MR) is 99.1 cm³/mol. The van der Waals surface area contributed by atoms with Crippen LogP contribution in [0.25, 0.3) is 0 Å². The molecular weight excluding hydrogens is 365 g/mol. The minimum Gasteiger partial charge on any atom is -0.309 e. The quantitative estimate of drug-likeness (QED) is 0.776. The number of hydrogen-bond donors (Lipinski definition) is 1. The van der Waals surface area contributed by atoms with Crippen LogP contribution in [0.5, 0.6) is 0 Å². The summed E-state index contributed by atoms with van der Waals surface area (Å²) in [6.07, 6.45) is 2.87. The Morgan fingerprint density at radius 3 is 2.75 bits per heavy atom. The number of fused-ring (bicyclic) bond motifs is 1. The smallest absolute Gasteiger partial charge is 0.241 e. The fourth-order valence-electron chi connectivity index (χ4n) is 3.47. The van der Waals surface area contributed by atoms with Crippen LogP contribution < -0.4 is 5.32 Å². The number of amides is 1. The van der Waals surface area contributed by atoms with Crippen molar-refractivity contribution in [3.8, 4) is 0 Å². The summed E-state index contributed by atoms with van der Waals surface area (Å²) in [6.45, 7) is 1.97. The normalized spacial score (nSPS) is 21.8. The molecule has 1 aliphatic heterocycles. The van der Waals surface area contributed by atoms with Crippen molar-refractivity contribution in [2.24, 2.45) is 7.05 Å². The van der Waals surface area contributed by atoms with Crippen molar-refractivity contribution >= 4 is 46.7 Å². The van der Waals surface area contributed by atoms with Gasteiger partial charge in [0.05, 0.1) is 15.7 Å². The molecule has 1 spiro atoms.